The van der Waals surface area contributed by atoms with Crippen LogP contribution in [-0.4, -0.2) is 27.1 Å². The first-order valence-corrected chi connectivity index (χ1v) is 5.74. The van der Waals surface area contributed by atoms with Gasteiger partial charge in [0, 0.05) is 11.7 Å². The second-order valence-electron chi connectivity index (χ2n) is 4.70. The summed E-state index contributed by atoms with van der Waals surface area (Å²) in [4.78, 5) is 19.0. The van der Waals surface area contributed by atoms with Crippen LogP contribution in [0, 0.1) is 12.8 Å². The van der Waals surface area contributed by atoms with E-state index in [1.54, 1.807) is 6.92 Å². The third-order valence-electron chi connectivity index (χ3n) is 2.27. The van der Waals surface area contributed by atoms with Gasteiger partial charge in [-0.3, -0.25) is 0 Å². The Kier molecular flexibility index (Phi) is 4.43. The van der Waals surface area contributed by atoms with Crippen LogP contribution < -0.4 is 5.32 Å². The molecule has 0 aliphatic carbocycles. The SMILES string of the molecule is Cc1cc(C(=O)O)nc(NC(C)CC(C)C)n1. The minimum Gasteiger partial charge on any atom is -0.477 e. The first kappa shape index (κ1) is 13.4. The molecule has 94 valence electrons. The molecule has 1 heterocycles. The molecule has 0 aliphatic rings. The van der Waals surface area contributed by atoms with Gasteiger partial charge in [-0.15, -0.1) is 0 Å². The van der Waals surface area contributed by atoms with Gasteiger partial charge in [0.2, 0.25) is 5.95 Å². The number of anilines is 1. The molecular weight excluding hydrogens is 218 g/mol. The van der Waals surface area contributed by atoms with Gasteiger partial charge in [0.05, 0.1) is 0 Å². The topological polar surface area (TPSA) is 75.1 Å². The largest absolute Gasteiger partial charge is 0.477 e. The second kappa shape index (κ2) is 5.61. The molecule has 1 unspecified atom stereocenters. The Hall–Kier alpha value is -1.65. The number of carboxylic acids is 1. The summed E-state index contributed by atoms with van der Waals surface area (Å²) in [5.41, 5.74) is 0.674. The smallest absolute Gasteiger partial charge is 0.354 e. The highest BCUT2D eigenvalue weighted by molar-refractivity contribution is 5.85. The molecule has 5 heteroatoms. The molecule has 1 atom stereocenters. The van der Waals surface area contributed by atoms with E-state index >= 15 is 0 Å². The van der Waals surface area contributed by atoms with E-state index < -0.39 is 5.97 Å². The first-order chi connectivity index (χ1) is 7.88. The predicted molar refractivity (Wildman–Crippen MR) is 66.3 cm³/mol. The first-order valence-electron chi connectivity index (χ1n) is 5.74. The maximum absolute atomic E-state index is 10.9. The van der Waals surface area contributed by atoms with Gasteiger partial charge in [0.15, 0.2) is 5.69 Å². The molecule has 0 saturated carbocycles. The van der Waals surface area contributed by atoms with Gasteiger partial charge in [0.1, 0.15) is 0 Å². The van der Waals surface area contributed by atoms with Crippen LogP contribution >= 0.6 is 0 Å². The van der Waals surface area contributed by atoms with Crippen molar-refractivity contribution >= 4 is 11.9 Å². The summed E-state index contributed by atoms with van der Waals surface area (Å²) in [6.45, 7) is 8.06. The number of rotatable bonds is 5. The summed E-state index contributed by atoms with van der Waals surface area (Å²) in [6, 6.07) is 1.68. The van der Waals surface area contributed by atoms with Gasteiger partial charge in [-0.25, -0.2) is 14.8 Å². The summed E-state index contributed by atoms with van der Waals surface area (Å²) in [6.07, 6.45) is 0.986. The third-order valence-corrected chi connectivity index (χ3v) is 2.27. The molecule has 17 heavy (non-hydrogen) atoms. The lowest BCUT2D eigenvalue weighted by Crippen LogP contribution is -2.20. The van der Waals surface area contributed by atoms with Gasteiger partial charge in [-0.1, -0.05) is 13.8 Å². The molecule has 0 spiro atoms. The Bertz CT molecular complexity index is 405. The molecule has 0 bridgehead atoms. The fraction of sp³-hybridized carbons (Fsp3) is 0.583. The van der Waals surface area contributed by atoms with Crippen LogP contribution in [0.3, 0.4) is 0 Å². The third kappa shape index (κ3) is 4.38. The predicted octanol–water partition coefficient (Wildman–Crippen LogP) is 2.33. The molecule has 1 aromatic rings. The number of nitrogens with zero attached hydrogens (tertiary/aromatic N) is 2. The van der Waals surface area contributed by atoms with Crippen molar-refractivity contribution < 1.29 is 9.90 Å². The Morgan fingerprint density at radius 2 is 2.06 bits per heavy atom. The highest BCUT2D eigenvalue weighted by atomic mass is 16.4. The molecule has 0 saturated heterocycles. The van der Waals surface area contributed by atoms with E-state index in [2.05, 4.69) is 29.1 Å². The van der Waals surface area contributed by atoms with Gasteiger partial charge >= 0.3 is 5.97 Å². The molecule has 0 aliphatic heterocycles. The molecule has 5 nitrogen and oxygen atoms in total. The fourth-order valence-corrected chi connectivity index (χ4v) is 1.73. The Morgan fingerprint density at radius 1 is 1.41 bits per heavy atom. The minimum absolute atomic E-state index is 0.0248. The summed E-state index contributed by atoms with van der Waals surface area (Å²) < 4.78 is 0. The zero-order valence-electron chi connectivity index (χ0n) is 10.7. The molecule has 0 fully saturated rings. The zero-order valence-corrected chi connectivity index (χ0v) is 10.7. The maximum Gasteiger partial charge on any atom is 0.354 e. The van der Waals surface area contributed by atoms with Crippen LogP contribution in [0.4, 0.5) is 5.95 Å². The fourth-order valence-electron chi connectivity index (χ4n) is 1.73. The van der Waals surface area contributed by atoms with Crippen molar-refractivity contribution in [3.63, 3.8) is 0 Å². The average molecular weight is 237 g/mol. The van der Waals surface area contributed by atoms with Crippen molar-refractivity contribution in [3.8, 4) is 0 Å². The van der Waals surface area contributed by atoms with Crippen molar-refractivity contribution in [2.45, 2.75) is 40.2 Å². The Morgan fingerprint density at radius 3 is 2.59 bits per heavy atom. The lowest BCUT2D eigenvalue weighted by atomic mass is 10.1. The number of aromatic nitrogens is 2. The second-order valence-corrected chi connectivity index (χ2v) is 4.70. The summed E-state index contributed by atoms with van der Waals surface area (Å²) in [5.74, 6) is -0.0770. The molecule has 1 rings (SSSR count). The van der Waals surface area contributed by atoms with E-state index in [4.69, 9.17) is 5.11 Å². The van der Waals surface area contributed by atoms with Crippen LogP contribution in [0.25, 0.3) is 0 Å². The van der Waals surface area contributed by atoms with E-state index in [1.807, 2.05) is 6.92 Å². The highest BCUT2D eigenvalue weighted by Crippen LogP contribution is 2.10. The van der Waals surface area contributed by atoms with Crippen molar-refractivity contribution in [1.82, 2.24) is 9.97 Å². The molecule has 0 aromatic carbocycles. The number of nitrogens with one attached hydrogen (secondary N) is 1. The summed E-state index contributed by atoms with van der Waals surface area (Å²) in [5, 5.41) is 12.0. The van der Waals surface area contributed by atoms with Gasteiger partial charge in [0.25, 0.3) is 0 Å². The van der Waals surface area contributed by atoms with Crippen molar-refractivity contribution in [1.29, 1.82) is 0 Å². The van der Waals surface area contributed by atoms with Crippen LogP contribution in [0.5, 0.6) is 0 Å². The average Bonchev–Trinajstić information content (AvgIpc) is 2.14. The number of aryl methyl sites for hydroxylation is 1. The molecule has 2 N–H and O–H groups in total. The van der Waals surface area contributed by atoms with Gasteiger partial charge in [-0.2, -0.15) is 0 Å². The van der Waals surface area contributed by atoms with Crippen LogP contribution in [0.2, 0.25) is 0 Å². The highest BCUT2D eigenvalue weighted by Gasteiger charge is 2.11. The normalized spacial score (nSPS) is 12.5. The molecular formula is C12H19N3O2. The Balaban J connectivity index is 2.80. The van der Waals surface area contributed by atoms with Crippen molar-refractivity contribution in [2.75, 3.05) is 5.32 Å². The Labute approximate surface area is 101 Å². The number of carboxylic acid groups (broad SMARTS) is 1. The van der Waals surface area contributed by atoms with Crippen LogP contribution in [-0.2, 0) is 0 Å². The van der Waals surface area contributed by atoms with Crippen LogP contribution in [0.15, 0.2) is 6.07 Å². The molecule has 1 aromatic heterocycles. The number of aromatic carboxylic acids is 1. The van der Waals surface area contributed by atoms with Crippen LogP contribution in [0.1, 0.15) is 43.4 Å². The summed E-state index contributed by atoms with van der Waals surface area (Å²) >= 11 is 0. The molecule has 0 amide bonds. The van der Waals surface area contributed by atoms with E-state index in [0.717, 1.165) is 6.42 Å². The van der Waals surface area contributed by atoms with Gasteiger partial charge in [-0.05, 0) is 32.3 Å². The lowest BCUT2D eigenvalue weighted by Gasteiger charge is -2.16. The maximum atomic E-state index is 10.9. The van der Waals surface area contributed by atoms with E-state index in [9.17, 15) is 4.79 Å². The van der Waals surface area contributed by atoms with E-state index in [0.29, 0.717) is 17.6 Å². The number of hydrogen-bond donors (Lipinski definition) is 2. The van der Waals surface area contributed by atoms with Crippen molar-refractivity contribution in [3.05, 3.63) is 17.5 Å². The lowest BCUT2D eigenvalue weighted by molar-refractivity contribution is 0.0690. The summed E-state index contributed by atoms with van der Waals surface area (Å²) in [7, 11) is 0. The van der Waals surface area contributed by atoms with Gasteiger partial charge < -0.3 is 10.4 Å². The van der Waals surface area contributed by atoms with Crippen molar-refractivity contribution in [2.24, 2.45) is 5.92 Å². The van der Waals surface area contributed by atoms with E-state index in [-0.39, 0.29) is 11.7 Å². The number of hydrogen-bond acceptors (Lipinski definition) is 4. The van der Waals surface area contributed by atoms with E-state index in [1.165, 1.54) is 6.07 Å². The molecule has 0 radical (unpaired) electrons. The minimum atomic E-state index is -1.03. The quantitative estimate of drug-likeness (QED) is 0.822. The zero-order chi connectivity index (χ0) is 13.0. The number of carbonyl (C=O) groups is 1. The monoisotopic (exact) mass is 237 g/mol. The standard InChI is InChI=1S/C12H19N3O2/c1-7(2)5-8(3)13-12-14-9(4)6-10(15-12)11(16)17/h6-8H,5H2,1-4H3,(H,16,17)(H,13,14,15).